The normalized spacial score (nSPS) is 16.9. The minimum Gasteiger partial charge on any atom is -0.471 e. The van der Waals surface area contributed by atoms with E-state index >= 15 is 0 Å². The third-order valence-electron chi connectivity index (χ3n) is 4.43. The fourth-order valence-electron chi connectivity index (χ4n) is 3.19. The summed E-state index contributed by atoms with van der Waals surface area (Å²) in [5.74, 6) is 0.315. The number of hydrogen-bond acceptors (Lipinski definition) is 7. The number of imidazole rings is 1. The van der Waals surface area contributed by atoms with Gasteiger partial charge in [-0.15, -0.1) is 0 Å². The number of fused-ring (bicyclic) bond motifs is 1. The van der Waals surface area contributed by atoms with E-state index in [9.17, 15) is 9.59 Å². The van der Waals surface area contributed by atoms with Crippen LogP contribution in [-0.4, -0.2) is 67.8 Å². The summed E-state index contributed by atoms with van der Waals surface area (Å²) in [6, 6.07) is 0. The monoisotopic (exact) mass is 404 g/mol. The van der Waals surface area contributed by atoms with Gasteiger partial charge in [-0.05, 0) is 34.6 Å². The second kappa shape index (κ2) is 8.22. The van der Waals surface area contributed by atoms with Crippen molar-refractivity contribution >= 4 is 23.2 Å². The fraction of sp³-hybridized carbons (Fsp3) is 0.632. The highest BCUT2D eigenvalue weighted by Gasteiger charge is 2.32. The molecule has 1 N–H and O–H groups in total. The maximum Gasteiger partial charge on any atom is 0.410 e. The number of nitrogens with one attached hydrogen (secondary N) is 1. The van der Waals surface area contributed by atoms with Crippen LogP contribution in [0.4, 0.5) is 4.79 Å². The van der Waals surface area contributed by atoms with Gasteiger partial charge >= 0.3 is 6.09 Å². The molecule has 29 heavy (non-hydrogen) atoms. The van der Waals surface area contributed by atoms with Gasteiger partial charge in [-0.1, -0.05) is 0 Å². The number of aryl methyl sites for hydroxylation is 1. The molecule has 0 radical (unpaired) electrons. The molecule has 1 atom stereocenters. The van der Waals surface area contributed by atoms with Crippen LogP contribution in [0, 0.1) is 0 Å². The molecule has 2 aromatic heterocycles. The van der Waals surface area contributed by atoms with Gasteiger partial charge in [0.1, 0.15) is 18.0 Å². The minimum absolute atomic E-state index is 0.236. The van der Waals surface area contributed by atoms with E-state index in [2.05, 4.69) is 20.3 Å². The molecule has 1 aliphatic heterocycles. The Bertz CT molecular complexity index is 904. The molecule has 2 aromatic rings. The average Bonchev–Trinajstić information content (AvgIpc) is 3.25. The van der Waals surface area contributed by atoms with Crippen molar-refractivity contribution in [3.8, 4) is 5.88 Å². The Morgan fingerprint density at radius 3 is 2.69 bits per heavy atom. The number of ether oxygens (including phenoxy) is 2. The molecule has 10 nitrogen and oxygen atoms in total. The summed E-state index contributed by atoms with van der Waals surface area (Å²) in [5, 5.41) is 2.76. The van der Waals surface area contributed by atoms with Gasteiger partial charge in [0.15, 0.2) is 11.2 Å². The van der Waals surface area contributed by atoms with Crippen LogP contribution in [0.5, 0.6) is 5.88 Å². The summed E-state index contributed by atoms with van der Waals surface area (Å²) in [5.41, 5.74) is 0.434. The highest BCUT2D eigenvalue weighted by molar-refractivity contribution is 5.94. The summed E-state index contributed by atoms with van der Waals surface area (Å²) in [6.07, 6.45) is 1.46. The first-order chi connectivity index (χ1) is 13.7. The first-order valence-electron chi connectivity index (χ1n) is 9.87. The standard InChI is InChI=1S/C19H28N6O4/c1-6-20-16(26)15-23-13-14(25(15)7-2)21-11-22-17(13)28-12-8-9-24(10-12)18(27)29-19(3,4)5/h11-12H,6-10H2,1-5H3,(H,20,26). The molecule has 1 aliphatic rings. The fourth-order valence-corrected chi connectivity index (χ4v) is 3.19. The molecule has 1 saturated heterocycles. The smallest absolute Gasteiger partial charge is 0.410 e. The predicted molar refractivity (Wildman–Crippen MR) is 106 cm³/mol. The van der Waals surface area contributed by atoms with Crippen molar-refractivity contribution in [3.63, 3.8) is 0 Å². The Morgan fingerprint density at radius 1 is 1.28 bits per heavy atom. The van der Waals surface area contributed by atoms with Gasteiger partial charge in [0, 0.05) is 26.1 Å². The number of aromatic nitrogens is 4. The third kappa shape index (κ3) is 4.57. The summed E-state index contributed by atoms with van der Waals surface area (Å²) >= 11 is 0. The molecular weight excluding hydrogens is 376 g/mol. The molecule has 3 rings (SSSR count). The van der Waals surface area contributed by atoms with Crippen molar-refractivity contribution in [2.45, 2.75) is 59.3 Å². The Balaban J connectivity index is 1.79. The van der Waals surface area contributed by atoms with E-state index in [1.54, 1.807) is 9.47 Å². The zero-order chi connectivity index (χ0) is 21.2. The zero-order valence-electron chi connectivity index (χ0n) is 17.6. The predicted octanol–water partition coefficient (Wildman–Crippen LogP) is 1.98. The molecule has 0 spiro atoms. The second-order valence-corrected chi connectivity index (χ2v) is 7.85. The second-order valence-electron chi connectivity index (χ2n) is 7.85. The number of nitrogens with zero attached hydrogens (tertiary/aromatic N) is 5. The average molecular weight is 404 g/mol. The van der Waals surface area contributed by atoms with E-state index in [0.29, 0.717) is 49.6 Å². The minimum atomic E-state index is -0.544. The lowest BCUT2D eigenvalue weighted by molar-refractivity contribution is 0.0275. The summed E-state index contributed by atoms with van der Waals surface area (Å²) in [7, 11) is 0. The molecular formula is C19H28N6O4. The van der Waals surface area contributed by atoms with Gasteiger partial charge < -0.3 is 24.3 Å². The van der Waals surface area contributed by atoms with Gasteiger partial charge in [-0.3, -0.25) is 4.79 Å². The summed E-state index contributed by atoms with van der Waals surface area (Å²) < 4.78 is 13.2. The number of rotatable bonds is 5. The molecule has 3 heterocycles. The van der Waals surface area contributed by atoms with Crippen molar-refractivity contribution in [3.05, 3.63) is 12.2 Å². The molecule has 1 unspecified atom stereocenters. The Labute approximate surface area is 169 Å². The Hall–Kier alpha value is -2.91. The lowest BCUT2D eigenvalue weighted by Gasteiger charge is -2.24. The van der Waals surface area contributed by atoms with Crippen molar-refractivity contribution in [2.24, 2.45) is 0 Å². The summed E-state index contributed by atoms with van der Waals surface area (Å²) in [4.78, 5) is 39.2. The molecule has 0 saturated carbocycles. The number of likely N-dealkylation sites (tertiary alicyclic amines) is 1. The molecule has 2 amide bonds. The molecule has 0 bridgehead atoms. The first kappa shape index (κ1) is 20.8. The van der Waals surface area contributed by atoms with E-state index in [1.165, 1.54) is 6.33 Å². The third-order valence-corrected chi connectivity index (χ3v) is 4.43. The van der Waals surface area contributed by atoms with Crippen LogP contribution in [0.1, 0.15) is 51.7 Å². The van der Waals surface area contributed by atoms with Crippen LogP contribution in [0.15, 0.2) is 6.33 Å². The van der Waals surface area contributed by atoms with Crippen molar-refractivity contribution in [1.82, 2.24) is 29.7 Å². The van der Waals surface area contributed by atoms with Crippen LogP contribution in [0.25, 0.3) is 11.2 Å². The van der Waals surface area contributed by atoms with Gasteiger partial charge in [-0.2, -0.15) is 4.98 Å². The molecule has 0 aliphatic carbocycles. The molecule has 0 aromatic carbocycles. The lowest BCUT2D eigenvalue weighted by Crippen LogP contribution is -2.36. The quantitative estimate of drug-likeness (QED) is 0.811. The van der Waals surface area contributed by atoms with E-state index in [-0.39, 0.29) is 23.9 Å². The maximum atomic E-state index is 12.3. The highest BCUT2D eigenvalue weighted by Crippen LogP contribution is 2.25. The molecule has 158 valence electrons. The van der Waals surface area contributed by atoms with E-state index in [1.807, 2.05) is 34.6 Å². The maximum absolute atomic E-state index is 12.3. The van der Waals surface area contributed by atoms with E-state index in [0.717, 1.165) is 0 Å². The topological polar surface area (TPSA) is 111 Å². The van der Waals surface area contributed by atoms with E-state index in [4.69, 9.17) is 9.47 Å². The van der Waals surface area contributed by atoms with Gasteiger partial charge in [0.25, 0.3) is 5.91 Å². The first-order valence-corrected chi connectivity index (χ1v) is 9.87. The van der Waals surface area contributed by atoms with E-state index < -0.39 is 5.60 Å². The van der Waals surface area contributed by atoms with Gasteiger partial charge in [0.2, 0.25) is 11.7 Å². The Morgan fingerprint density at radius 2 is 2.03 bits per heavy atom. The number of amides is 2. The number of carbonyl (C=O) groups is 2. The zero-order valence-corrected chi connectivity index (χ0v) is 17.6. The van der Waals surface area contributed by atoms with Gasteiger partial charge in [0.05, 0.1) is 6.54 Å². The van der Waals surface area contributed by atoms with Crippen molar-refractivity contribution < 1.29 is 19.1 Å². The number of hydrogen-bond donors (Lipinski definition) is 1. The molecule has 1 fully saturated rings. The lowest BCUT2D eigenvalue weighted by atomic mass is 10.2. The Kier molecular flexibility index (Phi) is 5.90. The van der Waals surface area contributed by atoms with Crippen molar-refractivity contribution in [2.75, 3.05) is 19.6 Å². The SMILES string of the molecule is CCNC(=O)c1nc2c(OC3CCN(C(=O)OC(C)(C)C)C3)ncnc2n1CC. The molecule has 10 heteroatoms. The van der Waals surface area contributed by atoms with Crippen LogP contribution in [0.2, 0.25) is 0 Å². The van der Waals surface area contributed by atoms with Crippen LogP contribution in [-0.2, 0) is 11.3 Å². The van der Waals surface area contributed by atoms with Crippen molar-refractivity contribution in [1.29, 1.82) is 0 Å². The number of carbonyl (C=O) groups excluding carboxylic acids is 2. The summed E-state index contributed by atoms with van der Waals surface area (Å²) in [6.45, 7) is 11.3. The van der Waals surface area contributed by atoms with Crippen LogP contribution < -0.4 is 10.1 Å². The van der Waals surface area contributed by atoms with Gasteiger partial charge in [-0.25, -0.2) is 14.8 Å². The largest absolute Gasteiger partial charge is 0.471 e. The van der Waals surface area contributed by atoms with Crippen LogP contribution in [0.3, 0.4) is 0 Å². The highest BCUT2D eigenvalue weighted by atomic mass is 16.6. The van der Waals surface area contributed by atoms with Crippen LogP contribution >= 0.6 is 0 Å².